The van der Waals surface area contributed by atoms with E-state index in [1.807, 2.05) is 25.1 Å². The Labute approximate surface area is 114 Å². The zero-order valence-electron chi connectivity index (χ0n) is 10.6. The van der Waals surface area contributed by atoms with E-state index in [1.165, 1.54) is 25.7 Å². The molecule has 0 aliphatic heterocycles. The number of hydrogen-bond acceptors (Lipinski definition) is 2. The fourth-order valence-corrected chi connectivity index (χ4v) is 3.73. The number of hydrogen-bond donors (Lipinski definition) is 2. The summed E-state index contributed by atoms with van der Waals surface area (Å²) in [7, 11) is 0. The van der Waals surface area contributed by atoms with E-state index in [0.29, 0.717) is 6.04 Å². The maximum absolute atomic E-state index is 12.3. The summed E-state index contributed by atoms with van der Waals surface area (Å²) in [6.45, 7) is 1.98. The summed E-state index contributed by atoms with van der Waals surface area (Å²) in [5, 5.41) is 3.22. The first-order chi connectivity index (χ1) is 8.63. The van der Waals surface area contributed by atoms with Gasteiger partial charge in [-0.05, 0) is 55.7 Å². The first kappa shape index (κ1) is 12.1. The van der Waals surface area contributed by atoms with Crippen molar-refractivity contribution >= 4 is 18.5 Å². The molecule has 96 valence electrons. The summed E-state index contributed by atoms with van der Waals surface area (Å²) >= 11 is 4.31. The van der Waals surface area contributed by atoms with Crippen LogP contribution in [0.25, 0.3) is 0 Å². The lowest BCUT2D eigenvalue weighted by atomic mass is 9.95. The van der Waals surface area contributed by atoms with Crippen molar-refractivity contribution in [3.8, 4) is 0 Å². The van der Waals surface area contributed by atoms with Crippen molar-refractivity contribution in [2.45, 2.75) is 43.5 Å². The molecular formula is C15H19NOS. The van der Waals surface area contributed by atoms with Gasteiger partial charge in [0.25, 0.3) is 5.91 Å². The van der Waals surface area contributed by atoms with Gasteiger partial charge >= 0.3 is 0 Å². The molecular weight excluding hydrogens is 242 g/mol. The highest BCUT2D eigenvalue weighted by atomic mass is 32.1. The zero-order chi connectivity index (χ0) is 12.7. The van der Waals surface area contributed by atoms with Gasteiger partial charge in [-0.15, -0.1) is 12.6 Å². The maximum Gasteiger partial charge on any atom is 0.251 e. The van der Waals surface area contributed by atoms with E-state index < -0.39 is 0 Å². The van der Waals surface area contributed by atoms with Crippen molar-refractivity contribution in [2.24, 2.45) is 11.8 Å². The predicted octanol–water partition coefficient (Wildman–Crippen LogP) is 3.20. The fourth-order valence-electron chi connectivity index (χ4n) is 3.52. The summed E-state index contributed by atoms with van der Waals surface area (Å²) in [6, 6.07) is 6.14. The maximum atomic E-state index is 12.3. The van der Waals surface area contributed by atoms with Gasteiger partial charge in [0, 0.05) is 16.5 Å². The number of carbonyl (C=O) groups excluding carboxylic acids is 1. The van der Waals surface area contributed by atoms with Crippen LogP contribution in [0.2, 0.25) is 0 Å². The Bertz CT molecular complexity index is 485. The van der Waals surface area contributed by atoms with E-state index >= 15 is 0 Å². The molecule has 18 heavy (non-hydrogen) atoms. The molecule has 0 spiro atoms. The number of benzene rings is 1. The fraction of sp³-hybridized carbons (Fsp3) is 0.533. The lowest BCUT2D eigenvalue weighted by Crippen LogP contribution is -2.38. The number of fused-ring (bicyclic) bond motifs is 2. The largest absolute Gasteiger partial charge is 0.349 e. The minimum atomic E-state index is 0.0703. The molecule has 1 aromatic rings. The Balaban J connectivity index is 1.73. The van der Waals surface area contributed by atoms with Crippen molar-refractivity contribution in [1.82, 2.24) is 5.32 Å². The number of carbonyl (C=O) groups is 1. The first-order valence-corrected chi connectivity index (χ1v) is 7.18. The van der Waals surface area contributed by atoms with Crippen LogP contribution in [0.5, 0.6) is 0 Å². The smallest absolute Gasteiger partial charge is 0.251 e. The summed E-state index contributed by atoms with van der Waals surface area (Å²) in [6.07, 6.45) is 5.15. The van der Waals surface area contributed by atoms with Crippen LogP contribution in [0.1, 0.15) is 41.6 Å². The minimum absolute atomic E-state index is 0.0703. The van der Waals surface area contributed by atoms with Gasteiger partial charge in [-0.25, -0.2) is 0 Å². The third-order valence-electron chi connectivity index (χ3n) is 4.52. The van der Waals surface area contributed by atoms with Gasteiger partial charge in [0.2, 0.25) is 0 Å². The summed E-state index contributed by atoms with van der Waals surface area (Å²) in [5.74, 6) is 1.65. The Morgan fingerprint density at radius 3 is 2.83 bits per heavy atom. The SMILES string of the molecule is Cc1ccc(S)cc1C(=O)NC1CC2CCC1C2. The summed E-state index contributed by atoms with van der Waals surface area (Å²) < 4.78 is 0. The second-order valence-electron chi connectivity index (χ2n) is 5.75. The van der Waals surface area contributed by atoms with Crippen LogP contribution in [0.15, 0.2) is 23.1 Å². The van der Waals surface area contributed by atoms with Crippen LogP contribution >= 0.6 is 12.6 Å². The molecule has 0 heterocycles. The minimum Gasteiger partial charge on any atom is -0.349 e. The van der Waals surface area contributed by atoms with Gasteiger partial charge in [-0.3, -0.25) is 4.79 Å². The van der Waals surface area contributed by atoms with Crippen molar-refractivity contribution in [3.05, 3.63) is 29.3 Å². The van der Waals surface area contributed by atoms with Crippen LogP contribution < -0.4 is 5.32 Å². The van der Waals surface area contributed by atoms with E-state index in [0.717, 1.165) is 27.9 Å². The molecule has 0 aromatic heterocycles. The number of thiol groups is 1. The van der Waals surface area contributed by atoms with Crippen LogP contribution in [-0.2, 0) is 0 Å². The summed E-state index contributed by atoms with van der Waals surface area (Å²) in [4.78, 5) is 13.2. The van der Waals surface area contributed by atoms with E-state index in [-0.39, 0.29) is 5.91 Å². The molecule has 3 atom stereocenters. The Morgan fingerprint density at radius 1 is 1.33 bits per heavy atom. The van der Waals surface area contributed by atoms with Crippen LogP contribution in [-0.4, -0.2) is 11.9 Å². The molecule has 2 saturated carbocycles. The van der Waals surface area contributed by atoms with E-state index in [1.54, 1.807) is 0 Å². The Hall–Kier alpha value is -0.960. The molecule has 2 fully saturated rings. The van der Waals surface area contributed by atoms with Crippen molar-refractivity contribution in [2.75, 3.05) is 0 Å². The Morgan fingerprint density at radius 2 is 2.17 bits per heavy atom. The molecule has 3 unspecified atom stereocenters. The quantitative estimate of drug-likeness (QED) is 0.787. The molecule has 1 N–H and O–H groups in total. The van der Waals surface area contributed by atoms with Gasteiger partial charge in [0.15, 0.2) is 0 Å². The third-order valence-corrected chi connectivity index (χ3v) is 4.80. The van der Waals surface area contributed by atoms with Crippen LogP contribution in [0.4, 0.5) is 0 Å². The molecule has 2 nitrogen and oxygen atoms in total. The third kappa shape index (κ3) is 2.16. The lowest BCUT2D eigenvalue weighted by molar-refractivity contribution is 0.0922. The molecule has 0 saturated heterocycles. The zero-order valence-corrected chi connectivity index (χ0v) is 11.5. The number of nitrogens with one attached hydrogen (secondary N) is 1. The van der Waals surface area contributed by atoms with Gasteiger partial charge in [0.1, 0.15) is 0 Å². The highest BCUT2D eigenvalue weighted by Crippen LogP contribution is 2.44. The van der Waals surface area contributed by atoms with E-state index in [4.69, 9.17) is 0 Å². The molecule has 2 bridgehead atoms. The average molecular weight is 261 g/mol. The lowest BCUT2D eigenvalue weighted by Gasteiger charge is -2.23. The van der Waals surface area contributed by atoms with Gasteiger partial charge < -0.3 is 5.32 Å². The van der Waals surface area contributed by atoms with Crippen molar-refractivity contribution < 1.29 is 4.79 Å². The van der Waals surface area contributed by atoms with Crippen LogP contribution in [0.3, 0.4) is 0 Å². The van der Waals surface area contributed by atoms with Crippen LogP contribution in [0, 0.1) is 18.8 Å². The molecule has 0 radical (unpaired) electrons. The van der Waals surface area contributed by atoms with E-state index in [2.05, 4.69) is 17.9 Å². The number of rotatable bonds is 2. The van der Waals surface area contributed by atoms with E-state index in [9.17, 15) is 4.79 Å². The van der Waals surface area contributed by atoms with Gasteiger partial charge in [-0.1, -0.05) is 12.5 Å². The van der Waals surface area contributed by atoms with Gasteiger partial charge in [0.05, 0.1) is 0 Å². The second-order valence-corrected chi connectivity index (χ2v) is 6.27. The Kier molecular flexibility index (Phi) is 3.10. The van der Waals surface area contributed by atoms with Crippen molar-refractivity contribution in [3.63, 3.8) is 0 Å². The summed E-state index contributed by atoms with van der Waals surface area (Å²) in [5.41, 5.74) is 1.79. The predicted molar refractivity (Wildman–Crippen MR) is 75.1 cm³/mol. The topological polar surface area (TPSA) is 29.1 Å². The molecule has 1 amide bonds. The normalized spacial score (nSPS) is 29.6. The molecule has 2 aliphatic carbocycles. The second kappa shape index (κ2) is 4.61. The first-order valence-electron chi connectivity index (χ1n) is 6.74. The van der Waals surface area contributed by atoms with Crippen molar-refractivity contribution in [1.29, 1.82) is 0 Å². The monoisotopic (exact) mass is 261 g/mol. The standard InChI is InChI=1S/C15H19NOS/c1-9-2-5-12(18)8-13(9)15(17)16-14-7-10-3-4-11(14)6-10/h2,5,8,10-11,14,18H,3-4,6-7H2,1H3,(H,16,17). The molecule has 1 aromatic carbocycles. The number of aryl methyl sites for hydroxylation is 1. The number of amides is 1. The molecule has 3 heteroatoms. The average Bonchev–Trinajstić information content (AvgIpc) is 2.94. The molecule has 2 aliphatic rings. The highest BCUT2D eigenvalue weighted by molar-refractivity contribution is 7.80. The van der Waals surface area contributed by atoms with Gasteiger partial charge in [-0.2, -0.15) is 0 Å². The highest BCUT2D eigenvalue weighted by Gasteiger charge is 2.40. The molecule has 3 rings (SSSR count).